The van der Waals surface area contributed by atoms with E-state index in [1.54, 1.807) is 0 Å². The highest BCUT2D eigenvalue weighted by atomic mass is 16.1. The molecule has 0 spiro atoms. The minimum atomic E-state index is -0.121. The van der Waals surface area contributed by atoms with Gasteiger partial charge in [0, 0.05) is 23.7 Å². The number of fused-ring (bicyclic) bond motifs is 1. The summed E-state index contributed by atoms with van der Waals surface area (Å²) in [7, 11) is 0. The van der Waals surface area contributed by atoms with E-state index in [0.29, 0.717) is 35.1 Å². The van der Waals surface area contributed by atoms with Gasteiger partial charge in [0.1, 0.15) is 18.0 Å². The fraction of sp³-hybridized carbons (Fsp3) is 0.214. The Morgan fingerprint density at radius 1 is 0.943 bits per heavy atom. The van der Waals surface area contributed by atoms with E-state index in [9.17, 15) is 4.79 Å². The van der Waals surface area contributed by atoms with Gasteiger partial charge >= 0.3 is 0 Å². The van der Waals surface area contributed by atoms with Crippen molar-refractivity contribution >= 4 is 34.0 Å². The number of anilines is 2. The second-order valence-corrected chi connectivity index (χ2v) is 8.92. The van der Waals surface area contributed by atoms with Gasteiger partial charge < -0.3 is 16.4 Å². The van der Waals surface area contributed by atoms with Crippen LogP contribution in [0.5, 0.6) is 0 Å². The SMILES string of the molecule is N=C(c1ccc(CNC(=O)c2ccc3ccccc3c2)cc1)c1c(N)ncnc1NC1CCCC1. The van der Waals surface area contributed by atoms with Crippen LogP contribution in [0.2, 0.25) is 0 Å². The van der Waals surface area contributed by atoms with E-state index in [-0.39, 0.29) is 17.4 Å². The fourth-order valence-corrected chi connectivity index (χ4v) is 4.57. The molecule has 1 aliphatic carbocycles. The van der Waals surface area contributed by atoms with E-state index in [0.717, 1.165) is 29.2 Å². The number of benzene rings is 3. The van der Waals surface area contributed by atoms with Crippen LogP contribution in [0.4, 0.5) is 11.6 Å². The lowest BCUT2D eigenvalue weighted by atomic mass is 10.0. The zero-order valence-electron chi connectivity index (χ0n) is 19.4. The number of nitrogens with zero attached hydrogens (tertiary/aromatic N) is 2. The van der Waals surface area contributed by atoms with E-state index in [4.69, 9.17) is 11.1 Å². The number of nitrogens with two attached hydrogens (primary N) is 1. The molecule has 0 bridgehead atoms. The normalized spacial score (nSPS) is 13.6. The van der Waals surface area contributed by atoms with Crippen molar-refractivity contribution in [1.82, 2.24) is 15.3 Å². The molecule has 5 rings (SSSR count). The molecule has 1 saturated carbocycles. The Labute approximate surface area is 204 Å². The number of nitrogens with one attached hydrogen (secondary N) is 3. The molecule has 4 aromatic rings. The van der Waals surface area contributed by atoms with Crippen LogP contribution in [0, 0.1) is 5.41 Å². The lowest BCUT2D eigenvalue weighted by Crippen LogP contribution is -2.22. The molecule has 0 aliphatic heterocycles. The third kappa shape index (κ3) is 4.99. The Bertz CT molecular complexity index is 1380. The van der Waals surface area contributed by atoms with Crippen molar-refractivity contribution in [3.8, 4) is 0 Å². The van der Waals surface area contributed by atoms with Gasteiger partial charge in [-0.3, -0.25) is 10.2 Å². The zero-order valence-corrected chi connectivity index (χ0v) is 19.4. The summed E-state index contributed by atoms with van der Waals surface area (Å²) < 4.78 is 0. The molecule has 1 aliphatic rings. The van der Waals surface area contributed by atoms with Crippen molar-refractivity contribution in [2.45, 2.75) is 38.3 Å². The van der Waals surface area contributed by atoms with E-state index >= 15 is 0 Å². The van der Waals surface area contributed by atoms with E-state index < -0.39 is 0 Å². The molecule has 0 atom stereocenters. The molecule has 1 fully saturated rings. The minimum Gasteiger partial charge on any atom is -0.383 e. The van der Waals surface area contributed by atoms with Crippen LogP contribution in [-0.2, 0) is 6.54 Å². The van der Waals surface area contributed by atoms with Crippen LogP contribution >= 0.6 is 0 Å². The summed E-state index contributed by atoms with van der Waals surface area (Å²) in [6.07, 6.45) is 6.02. The molecule has 1 heterocycles. The average Bonchev–Trinajstić information content (AvgIpc) is 3.40. The topological polar surface area (TPSA) is 117 Å². The van der Waals surface area contributed by atoms with Crippen molar-refractivity contribution in [2.75, 3.05) is 11.1 Å². The Hall–Kier alpha value is -4.26. The van der Waals surface area contributed by atoms with Gasteiger partial charge in [0.2, 0.25) is 0 Å². The van der Waals surface area contributed by atoms with Crippen molar-refractivity contribution in [1.29, 1.82) is 5.41 Å². The summed E-state index contributed by atoms with van der Waals surface area (Å²) in [6.45, 7) is 0.393. The van der Waals surface area contributed by atoms with Crippen LogP contribution < -0.4 is 16.4 Å². The van der Waals surface area contributed by atoms with E-state index in [2.05, 4.69) is 20.6 Å². The van der Waals surface area contributed by atoms with Gasteiger partial charge in [-0.2, -0.15) is 0 Å². The molecule has 1 aromatic heterocycles. The van der Waals surface area contributed by atoms with Crippen LogP contribution in [0.3, 0.4) is 0 Å². The number of rotatable bonds is 7. The summed E-state index contributed by atoms with van der Waals surface area (Å²) in [5, 5.41) is 17.3. The van der Waals surface area contributed by atoms with Gasteiger partial charge in [0.15, 0.2) is 0 Å². The number of hydrogen-bond acceptors (Lipinski definition) is 6. The minimum absolute atomic E-state index is 0.121. The third-order valence-electron chi connectivity index (χ3n) is 6.53. The number of aromatic nitrogens is 2. The molecule has 35 heavy (non-hydrogen) atoms. The average molecular weight is 465 g/mol. The summed E-state index contributed by atoms with van der Waals surface area (Å²) >= 11 is 0. The third-order valence-corrected chi connectivity index (χ3v) is 6.53. The van der Waals surface area contributed by atoms with Crippen molar-refractivity contribution in [3.63, 3.8) is 0 Å². The second kappa shape index (κ2) is 9.93. The highest BCUT2D eigenvalue weighted by Gasteiger charge is 2.21. The molecule has 0 saturated heterocycles. The Balaban J connectivity index is 1.26. The molecular weight excluding hydrogens is 436 g/mol. The summed E-state index contributed by atoms with van der Waals surface area (Å²) in [6, 6.07) is 21.6. The van der Waals surface area contributed by atoms with Gasteiger partial charge in [-0.1, -0.05) is 67.4 Å². The first kappa shape index (κ1) is 22.5. The van der Waals surface area contributed by atoms with Crippen molar-refractivity contribution in [2.24, 2.45) is 0 Å². The van der Waals surface area contributed by atoms with Crippen LogP contribution in [-0.4, -0.2) is 27.6 Å². The first-order chi connectivity index (χ1) is 17.1. The molecule has 5 N–H and O–H groups in total. The smallest absolute Gasteiger partial charge is 0.251 e. The number of amides is 1. The summed E-state index contributed by atoms with van der Waals surface area (Å²) in [4.78, 5) is 21.1. The maximum atomic E-state index is 12.7. The molecule has 7 heteroatoms. The fourth-order valence-electron chi connectivity index (χ4n) is 4.57. The molecular formula is C28H28N6O. The highest BCUT2D eigenvalue weighted by molar-refractivity contribution is 6.16. The quantitative estimate of drug-likeness (QED) is 0.290. The summed E-state index contributed by atoms with van der Waals surface area (Å²) in [5.74, 6) is 0.780. The lowest BCUT2D eigenvalue weighted by Gasteiger charge is -2.17. The van der Waals surface area contributed by atoms with Gasteiger partial charge in [0.25, 0.3) is 5.91 Å². The predicted molar refractivity (Wildman–Crippen MR) is 140 cm³/mol. The van der Waals surface area contributed by atoms with E-state index in [1.165, 1.54) is 19.2 Å². The largest absolute Gasteiger partial charge is 0.383 e. The molecule has 0 radical (unpaired) electrons. The Morgan fingerprint density at radius 3 is 2.43 bits per heavy atom. The van der Waals surface area contributed by atoms with Crippen molar-refractivity contribution in [3.05, 3.63) is 95.3 Å². The molecule has 0 unspecified atom stereocenters. The number of carbonyl (C=O) groups is 1. The zero-order chi connectivity index (χ0) is 24.2. The van der Waals surface area contributed by atoms with Gasteiger partial charge in [-0.15, -0.1) is 0 Å². The monoisotopic (exact) mass is 464 g/mol. The van der Waals surface area contributed by atoms with Gasteiger partial charge in [-0.25, -0.2) is 9.97 Å². The Kier molecular flexibility index (Phi) is 6.39. The number of hydrogen-bond donors (Lipinski definition) is 4. The number of nitrogen functional groups attached to an aromatic ring is 1. The summed E-state index contributed by atoms with van der Waals surface area (Å²) in [5.41, 5.74) is 9.24. The van der Waals surface area contributed by atoms with Crippen LogP contribution in [0.15, 0.2) is 73.1 Å². The first-order valence-corrected chi connectivity index (χ1v) is 11.9. The molecule has 176 valence electrons. The maximum absolute atomic E-state index is 12.7. The van der Waals surface area contributed by atoms with Gasteiger partial charge in [-0.05, 0) is 41.3 Å². The van der Waals surface area contributed by atoms with Crippen LogP contribution in [0.25, 0.3) is 10.8 Å². The second-order valence-electron chi connectivity index (χ2n) is 8.92. The molecule has 1 amide bonds. The van der Waals surface area contributed by atoms with E-state index in [1.807, 2.05) is 66.7 Å². The molecule has 3 aromatic carbocycles. The van der Waals surface area contributed by atoms with Crippen molar-refractivity contribution < 1.29 is 4.79 Å². The van der Waals surface area contributed by atoms with Gasteiger partial charge in [0.05, 0.1) is 11.3 Å². The standard InChI is InChI=1S/C28H28N6O/c29-25(24-26(30)32-17-33-27(24)34-23-7-3-4-8-23)20-11-9-18(10-12-20)16-31-28(35)22-14-13-19-5-1-2-6-21(19)15-22/h1-2,5-6,9-15,17,23,29H,3-4,7-8,16H2,(H,31,35)(H3,30,32,33,34). The predicted octanol–water partition coefficient (Wildman–Crippen LogP) is 4.91. The first-order valence-electron chi connectivity index (χ1n) is 11.9. The number of carbonyl (C=O) groups excluding carboxylic acids is 1. The lowest BCUT2D eigenvalue weighted by molar-refractivity contribution is 0.0951. The highest BCUT2D eigenvalue weighted by Crippen LogP contribution is 2.26. The molecule has 7 nitrogen and oxygen atoms in total. The van der Waals surface area contributed by atoms with Crippen LogP contribution in [0.1, 0.15) is 52.7 Å². The Morgan fingerprint density at radius 2 is 1.66 bits per heavy atom. The maximum Gasteiger partial charge on any atom is 0.251 e.